The maximum Gasteiger partial charge on any atom is 0.270 e. The summed E-state index contributed by atoms with van der Waals surface area (Å²) in [6, 6.07) is 12.1. The molecule has 2 N–H and O–H groups in total. The summed E-state index contributed by atoms with van der Waals surface area (Å²) in [7, 11) is 0. The van der Waals surface area contributed by atoms with Crippen molar-refractivity contribution in [3.05, 3.63) is 75.6 Å². The van der Waals surface area contributed by atoms with Crippen molar-refractivity contribution in [3.8, 4) is 0 Å². The Labute approximate surface area is 222 Å². The summed E-state index contributed by atoms with van der Waals surface area (Å²) in [5.41, 5.74) is 4.14. The molecule has 1 aliphatic heterocycles. The van der Waals surface area contributed by atoms with Crippen molar-refractivity contribution in [2.45, 2.75) is 32.2 Å². The quantitative estimate of drug-likeness (QED) is 0.307. The first-order valence-electron chi connectivity index (χ1n) is 12.2. The van der Waals surface area contributed by atoms with Crippen LogP contribution in [0.3, 0.4) is 0 Å². The molecule has 1 aromatic carbocycles. The van der Waals surface area contributed by atoms with Crippen molar-refractivity contribution in [2.75, 3.05) is 18.4 Å². The molecule has 0 saturated carbocycles. The van der Waals surface area contributed by atoms with E-state index >= 15 is 0 Å². The summed E-state index contributed by atoms with van der Waals surface area (Å²) in [5.74, 6) is 1.32. The normalized spacial score (nSPS) is 19.0. The first-order valence-corrected chi connectivity index (χ1v) is 13.4. The van der Waals surface area contributed by atoms with Crippen LogP contribution in [0.2, 0.25) is 0 Å². The first-order chi connectivity index (χ1) is 17.5. The zero-order chi connectivity index (χ0) is 24.8. The molecule has 6 rings (SSSR count). The Morgan fingerprint density at radius 2 is 2.03 bits per heavy atom. The number of hydrogen-bond donors (Lipinski definition) is 2. The van der Waals surface area contributed by atoms with Gasteiger partial charge in [-0.15, -0.1) is 0 Å². The molecule has 9 heteroatoms. The van der Waals surface area contributed by atoms with E-state index in [1.807, 2.05) is 45.8 Å². The molecular weight excluding hydrogens is 540 g/mol. The smallest absolute Gasteiger partial charge is 0.270 e. The van der Waals surface area contributed by atoms with E-state index in [9.17, 15) is 4.79 Å². The summed E-state index contributed by atoms with van der Waals surface area (Å²) in [6.45, 7) is 3.55. The molecule has 184 valence electrons. The molecule has 1 saturated heterocycles. The second-order valence-electron chi connectivity index (χ2n) is 9.58. The van der Waals surface area contributed by atoms with Crippen LogP contribution in [0.1, 0.15) is 42.4 Å². The summed E-state index contributed by atoms with van der Waals surface area (Å²) in [6.07, 6.45) is 8.62. The van der Waals surface area contributed by atoms with Gasteiger partial charge in [0.05, 0.1) is 16.4 Å². The largest absolute Gasteiger partial charge is 0.367 e. The van der Waals surface area contributed by atoms with Gasteiger partial charge in [0.1, 0.15) is 11.5 Å². The van der Waals surface area contributed by atoms with Gasteiger partial charge < -0.3 is 15.2 Å². The number of rotatable bonds is 4. The lowest BCUT2D eigenvalue weighted by Gasteiger charge is -2.32. The second kappa shape index (κ2) is 9.41. The highest BCUT2D eigenvalue weighted by Gasteiger charge is 2.26. The van der Waals surface area contributed by atoms with Crippen LogP contribution in [0.5, 0.6) is 0 Å². The van der Waals surface area contributed by atoms with Gasteiger partial charge in [-0.1, -0.05) is 48.9 Å². The fraction of sp³-hybridized carbons (Fsp3) is 0.296. The molecule has 0 radical (unpaired) electrons. The van der Waals surface area contributed by atoms with Crippen molar-refractivity contribution in [3.63, 3.8) is 0 Å². The average molecular weight is 566 g/mol. The number of para-hydroxylation sites is 1. The SMILES string of the molecule is CC1C=C(c2cc(NC3CCN(C(=O)c4cc5ccccc5[nH]4)CC3)n3ncc(Br)c3n2)C(Cl)=CC1. The number of H-pyrrole nitrogens is 1. The van der Waals surface area contributed by atoms with E-state index in [-0.39, 0.29) is 11.9 Å². The molecule has 2 aliphatic rings. The van der Waals surface area contributed by atoms with Crippen molar-refractivity contribution < 1.29 is 4.79 Å². The van der Waals surface area contributed by atoms with E-state index in [0.29, 0.717) is 24.7 Å². The number of amides is 1. The topological polar surface area (TPSA) is 78.3 Å². The van der Waals surface area contributed by atoms with E-state index in [2.05, 4.69) is 50.4 Å². The lowest BCUT2D eigenvalue weighted by atomic mass is 9.96. The summed E-state index contributed by atoms with van der Waals surface area (Å²) in [5, 5.41) is 9.97. The zero-order valence-corrected chi connectivity index (χ0v) is 22.2. The van der Waals surface area contributed by atoms with Crippen LogP contribution in [-0.2, 0) is 0 Å². The summed E-state index contributed by atoms with van der Waals surface area (Å²) >= 11 is 10.2. The Morgan fingerprint density at radius 3 is 2.83 bits per heavy atom. The molecule has 36 heavy (non-hydrogen) atoms. The number of likely N-dealkylation sites (tertiary alicyclic amines) is 1. The third-order valence-electron chi connectivity index (χ3n) is 6.98. The number of anilines is 1. The number of carbonyl (C=O) groups is 1. The molecule has 0 bridgehead atoms. The molecule has 1 unspecified atom stereocenters. The van der Waals surface area contributed by atoms with Gasteiger partial charge in [0.15, 0.2) is 5.65 Å². The first kappa shape index (κ1) is 23.3. The number of benzene rings is 1. The van der Waals surface area contributed by atoms with Crippen molar-refractivity contribution >= 4 is 61.4 Å². The Hall–Kier alpha value is -3.10. The Bertz CT molecular complexity index is 1490. The molecule has 7 nitrogen and oxygen atoms in total. The average Bonchev–Trinajstić information content (AvgIpc) is 3.49. The molecule has 0 spiro atoms. The number of allylic oxidation sites excluding steroid dienone is 4. The van der Waals surface area contributed by atoms with Gasteiger partial charge in [0.25, 0.3) is 5.91 Å². The number of hydrogen-bond acceptors (Lipinski definition) is 4. The van der Waals surface area contributed by atoms with Crippen LogP contribution in [-0.4, -0.2) is 49.5 Å². The minimum absolute atomic E-state index is 0.0500. The fourth-order valence-corrected chi connectivity index (χ4v) is 5.61. The molecule has 1 amide bonds. The highest BCUT2D eigenvalue weighted by atomic mass is 79.9. The van der Waals surface area contributed by atoms with E-state index in [4.69, 9.17) is 16.6 Å². The number of aromatic nitrogens is 4. The molecule has 4 aromatic rings. The van der Waals surface area contributed by atoms with Gasteiger partial charge in [-0.3, -0.25) is 4.79 Å². The van der Waals surface area contributed by atoms with Crippen LogP contribution in [0.4, 0.5) is 5.82 Å². The van der Waals surface area contributed by atoms with Crippen LogP contribution < -0.4 is 5.32 Å². The third-order valence-corrected chi connectivity index (χ3v) is 7.89. The van der Waals surface area contributed by atoms with Crippen molar-refractivity contribution in [1.29, 1.82) is 0 Å². The van der Waals surface area contributed by atoms with Crippen LogP contribution in [0.15, 0.2) is 64.3 Å². The number of halogens is 2. The lowest BCUT2D eigenvalue weighted by molar-refractivity contribution is 0.0713. The standard InChI is InChI=1S/C27H26BrClN6O/c1-16-6-7-21(29)19(12-16)23-14-25(35-26(33-23)20(28)15-30-35)31-18-8-10-34(11-9-18)27(36)24-13-17-4-2-3-5-22(17)32-24/h2-5,7,12-16,18,31-32H,6,8-11H2,1H3. The molecule has 3 aromatic heterocycles. The van der Waals surface area contributed by atoms with E-state index in [0.717, 1.165) is 62.4 Å². The second-order valence-corrected chi connectivity index (χ2v) is 10.8. The highest BCUT2D eigenvalue weighted by Crippen LogP contribution is 2.34. The Morgan fingerprint density at radius 1 is 1.22 bits per heavy atom. The monoisotopic (exact) mass is 564 g/mol. The van der Waals surface area contributed by atoms with Crippen molar-refractivity contribution in [2.24, 2.45) is 5.92 Å². The Kier molecular flexibility index (Phi) is 6.09. The van der Waals surface area contributed by atoms with Gasteiger partial charge in [0.2, 0.25) is 0 Å². The fourth-order valence-electron chi connectivity index (χ4n) is 5.01. The van der Waals surface area contributed by atoms with Crippen LogP contribution in [0, 0.1) is 5.92 Å². The minimum Gasteiger partial charge on any atom is -0.367 e. The van der Waals surface area contributed by atoms with E-state index in [1.165, 1.54) is 0 Å². The maximum atomic E-state index is 13.1. The van der Waals surface area contributed by atoms with Gasteiger partial charge in [-0.05, 0) is 53.2 Å². The highest BCUT2D eigenvalue weighted by molar-refractivity contribution is 9.10. The third kappa shape index (κ3) is 4.33. The van der Waals surface area contributed by atoms with E-state index < -0.39 is 0 Å². The number of carbonyl (C=O) groups excluding carboxylic acids is 1. The maximum absolute atomic E-state index is 13.1. The van der Waals surface area contributed by atoms with Crippen LogP contribution >= 0.6 is 27.5 Å². The number of piperidine rings is 1. The number of aromatic amines is 1. The summed E-state index contributed by atoms with van der Waals surface area (Å²) in [4.78, 5) is 23.1. The number of fused-ring (bicyclic) bond motifs is 2. The van der Waals surface area contributed by atoms with E-state index in [1.54, 1.807) is 6.20 Å². The van der Waals surface area contributed by atoms with Gasteiger partial charge in [-0.2, -0.15) is 9.61 Å². The number of nitrogens with one attached hydrogen (secondary N) is 2. The zero-order valence-electron chi connectivity index (χ0n) is 19.8. The minimum atomic E-state index is 0.0500. The molecular formula is C27H26BrClN6O. The summed E-state index contributed by atoms with van der Waals surface area (Å²) < 4.78 is 2.65. The predicted octanol–water partition coefficient (Wildman–Crippen LogP) is 6.24. The number of nitrogens with zero attached hydrogens (tertiary/aromatic N) is 4. The van der Waals surface area contributed by atoms with Gasteiger partial charge >= 0.3 is 0 Å². The van der Waals surface area contributed by atoms with Crippen LogP contribution in [0.25, 0.3) is 22.1 Å². The molecule has 1 aliphatic carbocycles. The Balaban J connectivity index is 1.20. The predicted molar refractivity (Wildman–Crippen MR) is 147 cm³/mol. The van der Waals surface area contributed by atoms with Gasteiger partial charge in [-0.25, -0.2) is 4.98 Å². The van der Waals surface area contributed by atoms with Crippen molar-refractivity contribution in [1.82, 2.24) is 24.5 Å². The molecule has 4 heterocycles. The molecule has 1 fully saturated rings. The van der Waals surface area contributed by atoms with Gasteiger partial charge in [0, 0.05) is 46.7 Å². The lowest BCUT2D eigenvalue weighted by Crippen LogP contribution is -2.42. The molecule has 1 atom stereocenters.